The van der Waals surface area contributed by atoms with E-state index in [0.29, 0.717) is 6.54 Å². The topological polar surface area (TPSA) is 49.3 Å². The lowest BCUT2D eigenvalue weighted by molar-refractivity contribution is -0.121. The van der Waals surface area contributed by atoms with E-state index in [-0.39, 0.29) is 30.9 Å². The van der Waals surface area contributed by atoms with Crippen LogP contribution in [-0.4, -0.2) is 11.0 Å². The number of halogens is 2. The molecule has 0 radical (unpaired) electrons. The monoisotopic (exact) mass is 305 g/mol. The van der Waals surface area contributed by atoms with Crippen molar-refractivity contribution in [1.82, 2.24) is 5.32 Å². The number of carbonyl (C=O) groups is 1. The van der Waals surface area contributed by atoms with Crippen LogP contribution in [0.25, 0.3) is 0 Å². The van der Waals surface area contributed by atoms with Crippen LogP contribution in [0.4, 0.5) is 8.78 Å². The van der Waals surface area contributed by atoms with Crippen molar-refractivity contribution in [3.05, 3.63) is 70.8 Å². The molecule has 0 aliphatic rings. The quantitative estimate of drug-likeness (QED) is 0.862. The summed E-state index contributed by atoms with van der Waals surface area (Å²) >= 11 is 0. The highest BCUT2D eigenvalue weighted by molar-refractivity contribution is 5.76. The van der Waals surface area contributed by atoms with Crippen molar-refractivity contribution < 1.29 is 18.7 Å². The molecule has 0 aromatic heterocycles. The average Bonchev–Trinajstić information content (AvgIpc) is 2.54. The Bertz CT molecular complexity index is 659. The fourth-order valence-electron chi connectivity index (χ4n) is 2.15. The Morgan fingerprint density at radius 2 is 1.77 bits per heavy atom. The number of aliphatic hydroxyl groups is 1. The van der Waals surface area contributed by atoms with Gasteiger partial charge in [-0.25, -0.2) is 8.78 Å². The van der Waals surface area contributed by atoms with E-state index in [1.807, 2.05) is 18.2 Å². The molecule has 2 N–H and O–H groups in total. The molecule has 0 aliphatic carbocycles. The Morgan fingerprint density at radius 1 is 1.05 bits per heavy atom. The molecule has 0 aliphatic heterocycles. The van der Waals surface area contributed by atoms with E-state index >= 15 is 0 Å². The van der Waals surface area contributed by atoms with E-state index in [2.05, 4.69) is 5.32 Å². The van der Waals surface area contributed by atoms with Crippen LogP contribution in [0.2, 0.25) is 0 Å². The Kier molecular flexibility index (Phi) is 5.61. The number of aryl methyl sites for hydroxylation is 1. The Morgan fingerprint density at radius 3 is 2.50 bits per heavy atom. The summed E-state index contributed by atoms with van der Waals surface area (Å²) in [4.78, 5) is 11.8. The molecular formula is C17H17F2NO2. The molecular weight excluding hydrogens is 288 g/mol. The standard InChI is InChI=1S/C17H17F2NO2/c18-15-6-7-16(19)12(9-15)5-8-17(22)20-10-13-3-1-2-4-14(13)11-21/h1-4,6-7,9,21H,5,8,10-11H2,(H,20,22). The first kappa shape index (κ1) is 16.1. The highest BCUT2D eigenvalue weighted by Gasteiger charge is 2.08. The minimum atomic E-state index is -0.520. The van der Waals surface area contributed by atoms with Crippen molar-refractivity contribution in [2.45, 2.75) is 26.0 Å². The van der Waals surface area contributed by atoms with Crippen molar-refractivity contribution in [3.63, 3.8) is 0 Å². The summed E-state index contributed by atoms with van der Waals surface area (Å²) in [5.41, 5.74) is 1.76. The number of hydrogen-bond acceptors (Lipinski definition) is 2. The van der Waals surface area contributed by atoms with E-state index in [9.17, 15) is 18.7 Å². The van der Waals surface area contributed by atoms with Gasteiger partial charge in [0.15, 0.2) is 0 Å². The third-order valence-electron chi connectivity index (χ3n) is 3.39. The van der Waals surface area contributed by atoms with Crippen LogP contribution < -0.4 is 5.32 Å². The Hall–Kier alpha value is -2.27. The van der Waals surface area contributed by atoms with E-state index in [1.165, 1.54) is 0 Å². The lowest BCUT2D eigenvalue weighted by atomic mass is 10.1. The number of aliphatic hydroxyl groups excluding tert-OH is 1. The molecule has 3 nitrogen and oxygen atoms in total. The largest absolute Gasteiger partial charge is 0.392 e. The van der Waals surface area contributed by atoms with Gasteiger partial charge in [0.2, 0.25) is 5.91 Å². The molecule has 0 heterocycles. The van der Waals surface area contributed by atoms with Crippen molar-refractivity contribution in [2.75, 3.05) is 0 Å². The van der Waals surface area contributed by atoms with Crippen LogP contribution in [-0.2, 0) is 24.4 Å². The minimum Gasteiger partial charge on any atom is -0.392 e. The molecule has 116 valence electrons. The molecule has 22 heavy (non-hydrogen) atoms. The summed E-state index contributed by atoms with van der Waals surface area (Å²) in [5, 5.41) is 11.9. The molecule has 2 aromatic carbocycles. The molecule has 2 rings (SSSR count). The molecule has 0 unspecified atom stereocenters. The maximum absolute atomic E-state index is 13.4. The van der Waals surface area contributed by atoms with Gasteiger partial charge in [-0.15, -0.1) is 0 Å². The van der Waals surface area contributed by atoms with Gasteiger partial charge in [0.1, 0.15) is 11.6 Å². The average molecular weight is 305 g/mol. The third-order valence-corrected chi connectivity index (χ3v) is 3.39. The highest BCUT2D eigenvalue weighted by Crippen LogP contribution is 2.12. The van der Waals surface area contributed by atoms with Gasteiger partial charge in [-0.3, -0.25) is 4.79 Å². The zero-order valence-corrected chi connectivity index (χ0v) is 12.0. The molecule has 0 saturated heterocycles. The number of hydrogen-bond donors (Lipinski definition) is 2. The van der Waals surface area contributed by atoms with Crippen LogP contribution in [0.15, 0.2) is 42.5 Å². The summed E-state index contributed by atoms with van der Waals surface area (Å²) in [7, 11) is 0. The van der Waals surface area contributed by atoms with Crippen LogP contribution >= 0.6 is 0 Å². The zero-order chi connectivity index (χ0) is 15.9. The number of benzene rings is 2. The molecule has 1 amide bonds. The molecule has 0 saturated carbocycles. The molecule has 0 fully saturated rings. The van der Waals surface area contributed by atoms with Gasteiger partial charge < -0.3 is 10.4 Å². The first-order chi connectivity index (χ1) is 10.6. The highest BCUT2D eigenvalue weighted by atomic mass is 19.1. The summed E-state index contributed by atoms with van der Waals surface area (Å²) in [5.74, 6) is -1.29. The predicted octanol–water partition coefficient (Wildman–Crippen LogP) is 2.71. The Balaban J connectivity index is 1.87. The van der Waals surface area contributed by atoms with Gasteiger partial charge in [-0.05, 0) is 41.3 Å². The Labute approximate surface area is 127 Å². The SMILES string of the molecule is O=C(CCc1cc(F)ccc1F)NCc1ccccc1CO. The summed E-state index contributed by atoms with van der Waals surface area (Å²) < 4.78 is 26.5. The van der Waals surface area contributed by atoms with Gasteiger partial charge in [0.25, 0.3) is 0 Å². The van der Waals surface area contributed by atoms with Gasteiger partial charge in [-0.2, -0.15) is 0 Å². The molecule has 0 spiro atoms. The van der Waals surface area contributed by atoms with E-state index in [0.717, 1.165) is 29.3 Å². The normalized spacial score (nSPS) is 10.5. The van der Waals surface area contributed by atoms with Crippen LogP contribution in [0, 0.1) is 11.6 Å². The van der Waals surface area contributed by atoms with Crippen molar-refractivity contribution >= 4 is 5.91 Å². The van der Waals surface area contributed by atoms with Crippen molar-refractivity contribution in [1.29, 1.82) is 0 Å². The zero-order valence-electron chi connectivity index (χ0n) is 12.0. The summed E-state index contributed by atoms with van der Waals surface area (Å²) in [6, 6.07) is 10.4. The van der Waals surface area contributed by atoms with Crippen LogP contribution in [0.1, 0.15) is 23.1 Å². The number of nitrogens with one attached hydrogen (secondary N) is 1. The molecule has 0 bridgehead atoms. The second kappa shape index (κ2) is 7.66. The second-order valence-corrected chi connectivity index (χ2v) is 4.94. The first-order valence-corrected chi connectivity index (χ1v) is 6.98. The van der Waals surface area contributed by atoms with Crippen LogP contribution in [0.5, 0.6) is 0 Å². The fraction of sp³-hybridized carbons (Fsp3) is 0.235. The maximum Gasteiger partial charge on any atom is 0.220 e. The van der Waals surface area contributed by atoms with Gasteiger partial charge in [0, 0.05) is 13.0 Å². The minimum absolute atomic E-state index is 0.0711. The van der Waals surface area contributed by atoms with E-state index in [1.54, 1.807) is 6.07 Å². The van der Waals surface area contributed by atoms with Crippen molar-refractivity contribution in [3.8, 4) is 0 Å². The van der Waals surface area contributed by atoms with E-state index < -0.39 is 11.6 Å². The predicted molar refractivity (Wildman–Crippen MR) is 78.9 cm³/mol. The van der Waals surface area contributed by atoms with Crippen molar-refractivity contribution in [2.24, 2.45) is 0 Å². The smallest absolute Gasteiger partial charge is 0.220 e. The van der Waals surface area contributed by atoms with E-state index in [4.69, 9.17) is 0 Å². The maximum atomic E-state index is 13.4. The summed E-state index contributed by atoms with van der Waals surface area (Å²) in [6.45, 7) is 0.196. The van der Waals surface area contributed by atoms with Gasteiger partial charge in [0.05, 0.1) is 6.61 Å². The first-order valence-electron chi connectivity index (χ1n) is 6.98. The summed E-state index contributed by atoms with van der Waals surface area (Å²) in [6.07, 6.45) is 0.207. The van der Waals surface area contributed by atoms with Gasteiger partial charge in [-0.1, -0.05) is 24.3 Å². The number of carbonyl (C=O) groups excluding carboxylic acids is 1. The lowest BCUT2D eigenvalue weighted by Crippen LogP contribution is -2.23. The van der Waals surface area contributed by atoms with Crippen LogP contribution in [0.3, 0.4) is 0 Å². The lowest BCUT2D eigenvalue weighted by Gasteiger charge is -2.09. The number of rotatable bonds is 6. The molecule has 5 heteroatoms. The molecule has 2 aromatic rings. The molecule has 0 atom stereocenters. The van der Waals surface area contributed by atoms with Gasteiger partial charge >= 0.3 is 0 Å². The second-order valence-electron chi connectivity index (χ2n) is 4.94. The third kappa shape index (κ3) is 4.36. The fourth-order valence-corrected chi connectivity index (χ4v) is 2.15. The number of amides is 1.